The minimum Gasteiger partial charge on any atom is -0.380 e. The van der Waals surface area contributed by atoms with Gasteiger partial charge in [-0.3, -0.25) is 0 Å². The van der Waals surface area contributed by atoms with E-state index in [1.807, 2.05) is 12.1 Å². The average molecular weight is 271 g/mol. The fraction of sp³-hybridized carbons (Fsp3) is 0.583. The molecule has 0 aliphatic heterocycles. The zero-order chi connectivity index (χ0) is 11.3. The van der Waals surface area contributed by atoms with Gasteiger partial charge in [-0.2, -0.15) is 0 Å². The van der Waals surface area contributed by atoms with Gasteiger partial charge in [0.1, 0.15) is 4.60 Å². The van der Waals surface area contributed by atoms with E-state index in [9.17, 15) is 0 Å². The molecular weight excluding hydrogens is 252 g/mol. The number of pyridine rings is 1. The molecule has 1 aromatic rings. The molecule has 0 saturated heterocycles. The minimum absolute atomic E-state index is 0.493. The lowest BCUT2D eigenvalue weighted by atomic mass is 10.0. The number of halogens is 1. The van der Waals surface area contributed by atoms with Gasteiger partial charge in [0.25, 0.3) is 0 Å². The standard InChI is InChI=1S/C12H19BrN2/c1-9(2)6-7-10(3)15-11-5-4-8-14-12(11)13/h4-5,8-10,15H,6-7H2,1-3H3. The Balaban J connectivity index is 2.44. The molecule has 0 aromatic carbocycles. The van der Waals surface area contributed by atoms with Gasteiger partial charge in [-0.15, -0.1) is 0 Å². The topological polar surface area (TPSA) is 24.9 Å². The number of hydrogen-bond donors (Lipinski definition) is 1. The molecule has 0 radical (unpaired) electrons. The predicted molar refractivity (Wildman–Crippen MR) is 69.1 cm³/mol. The first-order valence-corrected chi connectivity index (χ1v) is 6.26. The highest BCUT2D eigenvalue weighted by atomic mass is 79.9. The van der Waals surface area contributed by atoms with Crippen LogP contribution in [0.2, 0.25) is 0 Å². The van der Waals surface area contributed by atoms with E-state index in [1.165, 1.54) is 12.8 Å². The number of nitrogens with zero attached hydrogens (tertiary/aromatic N) is 1. The maximum atomic E-state index is 4.18. The normalized spacial score (nSPS) is 12.9. The Morgan fingerprint density at radius 1 is 1.33 bits per heavy atom. The lowest BCUT2D eigenvalue weighted by Crippen LogP contribution is -2.16. The third-order valence-corrected chi connectivity index (χ3v) is 2.97. The number of nitrogens with one attached hydrogen (secondary N) is 1. The van der Waals surface area contributed by atoms with Crippen LogP contribution in [0.15, 0.2) is 22.9 Å². The number of rotatable bonds is 5. The van der Waals surface area contributed by atoms with Crippen LogP contribution in [0, 0.1) is 5.92 Å². The van der Waals surface area contributed by atoms with Gasteiger partial charge in [-0.1, -0.05) is 13.8 Å². The molecular formula is C12H19BrN2. The summed E-state index contributed by atoms with van der Waals surface area (Å²) < 4.78 is 0.890. The Kier molecular flexibility index (Phi) is 5.09. The minimum atomic E-state index is 0.493. The van der Waals surface area contributed by atoms with Crippen molar-refractivity contribution in [1.82, 2.24) is 4.98 Å². The van der Waals surface area contributed by atoms with Crippen LogP contribution in [0.4, 0.5) is 5.69 Å². The molecule has 0 fully saturated rings. The first-order valence-electron chi connectivity index (χ1n) is 5.46. The summed E-state index contributed by atoms with van der Waals surface area (Å²) in [5.74, 6) is 0.770. The molecule has 1 unspecified atom stereocenters. The van der Waals surface area contributed by atoms with Gasteiger partial charge in [-0.05, 0) is 53.7 Å². The zero-order valence-electron chi connectivity index (χ0n) is 9.63. The summed E-state index contributed by atoms with van der Waals surface area (Å²) in [6, 6.07) is 4.48. The first-order chi connectivity index (χ1) is 7.09. The summed E-state index contributed by atoms with van der Waals surface area (Å²) in [6.45, 7) is 6.72. The lowest BCUT2D eigenvalue weighted by molar-refractivity contribution is 0.527. The molecule has 1 rings (SSSR count). The van der Waals surface area contributed by atoms with Crippen LogP contribution in [0.1, 0.15) is 33.6 Å². The Hall–Kier alpha value is -0.570. The van der Waals surface area contributed by atoms with E-state index in [0.717, 1.165) is 16.2 Å². The van der Waals surface area contributed by atoms with Crippen LogP contribution >= 0.6 is 15.9 Å². The van der Waals surface area contributed by atoms with Crippen LogP contribution in [0.5, 0.6) is 0 Å². The molecule has 0 amide bonds. The van der Waals surface area contributed by atoms with Crippen LogP contribution in [0.3, 0.4) is 0 Å². The van der Waals surface area contributed by atoms with Gasteiger partial charge in [0.05, 0.1) is 5.69 Å². The van der Waals surface area contributed by atoms with Crippen molar-refractivity contribution in [2.24, 2.45) is 5.92 Å². The maximum absolute atomic E-state index is 4.18. The largest absolute Gasteiger partial charge is 0.380 e. The Labute approximate surface area is 101 Å². The Morgan fingerprint density at radius 3 is 2.67 bits per heavy atom. The molecule has 0 aliphatic carbocycles. The van der Waals surface area contributed by atoms with E-state index in [0.29, 0.717) is 6.04 Å². The van der Waals surface area contributed by atoms with Gasteiger partial charge in [-0.25, -0.2) is 4.98 Å². The summed E-state index contributed by atoms with van der Waals surface area (Å²) in [5, 5.41) is 3.46. The Bertz CT molecular complexity index is 299. The number of anilines is 1. The van der Waals surface area contributed by atoms with E-state index in [-0.39, 0.29) is 0 Å². The fourth-order valence-corrected chi connectivity index (χ4v) is 1.78. The SMILES string of the molecule is CC(C)CCC(C)Nc1cccnc1Br. The average Bonchev–Trinajstić information content (AvgIpc) is 2.18. The molecule has 84 valence electrons. The quantitative estimate of drug-likeness (QED) is 0.816. The van der Waals surface area contributed by atoms with E-state index in [2.05, 4.69) is 47.0 Å². The monoisotopic (exact) mass is 270 g/mol. The zero-order valence-corrected chi connectivity index (χ0v) is 11.2. The van der Waals surface area contributed by atoms with Crippen molar-refractivity contribution in [3.8, 4) is 0 Å². The second kappa shape index (κ2) is 6.11. The molecule has 0 spiro atoms. The van der Waals surface area contributed by atoms with Gasteiger partial charge in [0.15, 0.2) is 0 Å². The summed E-state index contributed by atoms with van der Waals surface area (Å²) in [6.07, 6.45) is 4.24. The first kappa shape index (κ1) is 12.5. The highest BCUT2D eigenvalue weighted by Gasteiger charge is 2.05. The molecule has 1 atom stereocenters. The van der Waals surface area contributed by atoms with Gasteiger partial charge in [0.2, 0.25) is 0 Å². The molecule has 0 saturated carbocycles. The molecule has 1 heterocycles. The highest BCUT2D eigenvalue weighted by Crippen LogP contribution is 2.20. The van der Waals surface area contributed by atoms with Crippen molar-refractivity contribution in [1.29, 1.82) is 0 Å². The molecule has 1 aromatic heterocycles. The summed E-state index contributed by atoms with van der Waals surface area (Å²) in [5.41, 5.74) is 1.08. The second-order valence-electron chi connectivity index (χ2n) is 4.36. The van der Waals surface area contributed by atoms with E-state index in [1.54, 1.807) is 6.20 Å². The summed E-state index contributed by atoms with van der Waals surface area (Å²) >= 11 is 3.43. The van der Waals surface area contributed by atoms with Crippen LogP contribution in [-0.2, 0) is 0 Å². The molecule has 2 nitrogen and oxygen atoms in total. The number of aromatic nitrogens is 1. The van der Waals surface area contributed by atoms with Crippen molar-refractivity contribution in [2.45, 2.75) is 39.7 Å². The van der Waals surface area contributed by atoms with Gasteiger partial charge < -0.3 is 5.32 Å². The van der Waals surface area contributed by atoms with Crippen LogP contribution < -0.4 is 5.32 Å². The van der Waals surface area contributed by atoms with Gasteiger partial charge >= 0.3 is 0 Å². The lowest BCUT2D eigenvalue weighted by Gasteiger charge is -2.16. The predicted octanol–water partition coefficient (Wildman–Crippen LogP) is 4.08. The third-order valence-electron chi connectivity index (χ3n) is 2.34. The molecule has 0 bridgehead atoms. The number of hydrogen-bond acceptors (Lipinski definition) is 2. The van der Waals surface area contributed by atoms with Crippen LogP contribution in [0.25, 0.3) is 0 Å². The van der Waals surface area contributed by atoms with E-state index < -0.39 is 0 Å². The van der Waals surface area contributed by atoms with Crippen molar-refractivity contribution >= 4 is 21.6 Å². The smallest absolute Gasteiger partial charge is 0.129 e. The maximum Gasteiger partial charge on any atom is 0.129 e. The third kappa shape index (κ3) is 4.65. The van der Waals surface area contributed by atoms with Crippen molar-refractivity contribution in [2.75, 3.05) is 5.32 Å². The summed E-state index contributed by atoms with van der Waals surface area (Å²) in [7, 11) is 0. The molecule has 15 heavy (non-hydrogen) atoms. The summed E-state index contributed by atoms with van der Waals surface area (Å²) in [4.78, 5) is 4.18. The highest BCUT2D eigenvalue weighted by molar-refractivity contribution is 9.10. The van der Waals surface area contributed by atoms with Crippen molar-refractivity contribution in [3.63, 3.8) is 0 Å². The second-order valence-corrected chi connectivity index (χ2v) is 5.11. The molecule has 3 heteroatoms. The van der Waals surface area contributed by atoms with Gasteiger partial charge in [0, 0.05) is 12.2 Å². The molecule has 1 N–H and O–H groups in total. The Morgan fingerprint density at radius 2 is 2.07 bits per heavy atom. The molecule has 0 aliphatic rings. The fourth-order valence-electron chi connectivity index (χ4n) is 1.41. The van der Waals surface area contributed by atoms with E-state index >= 15 is 0 Å². The van der Waals surface area contributed by atoms with Crippen LogP contribution in [-0.4, -0.2) is 11.0 Å². The van der Waals surface area contributed by atoms with Crippen molar-refractivity contribution < 1.29 is 0 Å². The van der Waals surface area contributed by atoms with E-state index in [4.69, 9.17) is 0 Å². The van der Waals surface area contributed by atoms with Crippen molar-refractivity contribution in [3.05, 3.63) is 22.9 Å².